The maximum absolute atomic E-state index is 11.3. The van der Waals surface area contributed by atoms with E-state index < -0.39 is 6.10 Å². The molecule has 3 heteroatoms. The Balaban J connectivity index is 2.25. The van der Waals surface area contributed by atoms with Crippen molar-refractivity contribution in [2.24, 2.45) is 0 Å². The summed E-state index contributed by atoms with van der Waals surface area (Å²) in [7, 11) is 0. The van der Waals surface area contributed by atoms with Crippen molar-refractivity contribution < 1.29 is 9.90 Å². The van der Waals surface area contributed by atoms with Crippen LogP contribution in [0.1, 0.15) is 39.0 Å². The summed E-state index contributed by atoms with van der Waals surface area (Å²) in [4.78, 5) is 11.3. The Hall–Kier alpha value is -0.830. The van der Waals surface area contributed by atoms with Crippen molar-refractivity contribution in [3.05, 3.63) is 12.2 Å². The Morgan fingerprint density at radius 1 is 1.43 bits per heavy atom. The standard InChI is InChI=1S/C11H19NO2/c1-9(13)7-8-11(14)12-10-5-3-2-4-6-10/h7-10,13H,2-6H2,1H3,(H,12,14). The zero-order chi connectivity index (χ0) is 10.4. The topological polar surface area (TPSA) is 49.3 Å². The summed E-state index contributed by atoms with van der Waals surface area (Å²) in [5.41, 5.74) is 0. The lowest BCUT2D eigenvalue weighted by molar-refractivity contribution is -0.117. The van der Waals surface area contributed by atoms with Crippen LogP contribution in [0.25, 0.3) is 0 Å². The Morgan fingerprint density at radius 2 is 2.07 bits per heavy atom. The fraction of sp³-hybridized carbons (Fsp3) is 0.727. The number of hydrogen-bond donors (Lipinski definition) is 2. The molecule has 3 nitrogen and oxygen atoms in total. The Kier molecular flexibility index (Phi) is 4.66. The summed E-state index contributed by atoms with van der Waals surface area (Å²) in [6, 6.07) is 0.342. The van der Waals surface area contributed by atoms with Crippen LogP contribution in [0.15, 0.2) is 12.2 Å². The maximum atomic E-state index is 11.3. The van der Waals surface area contributed by atoms with Crippen molar-refractivity contribution in [2.45, 2.75) is 51.2 Å². The molecule has 1 unspecified atom stereocenters. The summed E-state index contributed by atoms with van der Waals surface area (Å²) >= 11 is 0. The SMILES string of the molecule is CC(O)C=CC(=O)NC1CCCCC1. The molecule has 0 heterocycles. The van der Waals surface area contributed by atoms with Gasteiger partial charge in [0.05, 0.1) is 6.10 Å². The van der Waals surface area contributed by atoms with E-state index in [0.717, 1.165) is 12.8 Å². The van der Waals surface area contributed by atoms with Crippen LogP contribution in [-0.2, 0) is 4.79 Å². The van der Waals surface area contributed by atoms with E-state index in [-0.39, 0.29) is 5.91 Å². The monoisotopic (exact) mass is 197 g/mol. The minimum atomic E-state index is -0.549. The van der Waals surface area contributed by atoms with E-state index in [9.17, 15) is 4.79 Å². The Morgan fingerprint density at radius 3 is 2.64 bits per heavy atom. The number of rotatable bonds is 3. The second-order valence-electron chi connectivity index (χ2n) is 3.94. The van der Waals surface area contributed by atoms with Crippen LogP contribution in [0.2, 0.25) is 0 Å². The van der Waals surface area contributed by atoms with Crippen molar-refractivity contribution in [3.63, 3.8) is 0 Å². The van der Waals surface area contributed by atoms with Crippen molar-refractivity contribution in [2.75, 3.05) is 0 Å². The predicted octanol–water partition coefficient (Wildman–Crippen LogP) is 1.37. The number of carbonyl (C=O) groups excluding carboxylic acids is 1. The van der Waals surface area contributed by atoms with E-state index in [2.05, 4.69) is 5.32 Å². The molecule has 0 aromatic rings. The Bertz CT molecular complexity index is 205. The van der Waals surface area contributed by atoms with Gasteiger partial charge in [-0.2, -0.15) is 0 Å². The summed E-state index contributed by atoms with van der Waals surface area (Å²) < 4.78 is 0. The molecule has 0 saturated heterocycles. The van der Waals surface area contributed by atoms with Gasteiger partial charge in [-0.25, -0.2) is 0 Å². The molecule has 1 aliphatic carbocycles. The third kappa shape index (κ3) is 4.42. The van der Waals surface area contributed by atoms with E-state index in [1.165, 1.54) is 31.4 Å². The molecule has 0 aliphatic heterocycles. The summed E-state index contributed by atoms with van der Waals surface area (Å²) in [5.74, 6) is -0.0854. The highest BCUT2D eigenvalue weighted by atomic mass is 16.3. The van der Waals surface area contributed by atoms with Crippen LogP contribution < -0.4 is 5.32 Å². The average molecular weight is 197 g/mol. The molecular weight excluding hydrogens is 178 g/mol. The molecule has 1 rings (SSSR count). The van der Waals surface area contributed by atoms with Crippen molar-refractivity contribution in [1.82, 2.24) is 5.32 Å². The van der Waals surface area contributed by atoms with Crippen LogP contribution in [0.3, 0.4) is 0 Å². The van der Waals surface area contributed by atoms with Gasteiger partial charge in [0.2, 0.25) is 5.91 Å². The smallest absolute Gasteiger partial charge is 0.243 e. The van der Waals surface area contributed by atoms with Crippen LogP contribution in [-0.4, -0.2) is 23.2 Å². The predicted molar refractivity (Wildman–Crippen MR) is 55.8 cm³/mol. The van der Waals surface area contributed by atoms with Crippen LogP contribution in [0.5, 0.6) is 0 Å². The van der Waals surface area contributed by atoms with Crippen LogP contribution in [0, 0.1) is 0 Å². The molecule has 1 atom stereocenters. The van der Waals surface area contributed by atoms with Gasteiger partial charge >= 0.3 is 0 Å². The first-order chi connectivity index (χ1) is 6.68. The number of carbonyl (C=O) groups is 1. The molecule has 1 aliphatic rings. The summed E-state index contributed by atoms with van der Waals surface area (Å²) in [6.07, 6.45) is 8.26. The third-order valence-electron chi connectivity index (χ3n) is 2.48. The minimum absolute atomic E-state index is 0.0854. The largest absolute Gasteiger partial charge is 0.389 e. The number of aliphatic hydroxyl groups is 1. The minimum Gasteiger partial charge on any atom is -0.389 e. The van der Waals surface area contributed by atoms with Gasteiger partial charge in [-0.3, -0.25) is 4.79 Å². The Labute approximate surface area is 85.2 Å². The van der Waals surface area contributed by atoms with E-state index in [1.807, 2.05) is 0 Å². The number of hydrogen-bond acceptors (Lipinski definition) is 2. The molecule has 0 radical (unpaired) electrons. The number of nitrogens with one attached hydrogen (secondary N) is 1. The molecule has 80 valence electrons. The van der Waals surface area contributed by atoms with Gasteiger partial charge in [-0.05, 0) is 19.8 Å². The fourth-order valence-electron chi connectivity index (χ4n) is 1.72. The molecule has 14 heavy (non-hydrogen) atoms. The lowest BCUT2D eigenvalue weighted by Crippen LogP contribution is -2.35. The molecule has 2 N–H and O–H groups in total. The van der Waals surface area contributed by atoms with Gasteiger partial charge in [0, 0.05) is 12.1 Å². The van der Waals surface area contributed by atoms with Gasteiger partial charge < -0.3 is 10.4 Å². The highest BCUT2D eigenvalue weighted by molar-refractivity contribution is 5.87. The first kappa shape index (κ1) is 11.2. The lowest BCUT2D eigenvalue weighted by Gasteiger charge is -2.21. The molecule has 1 amide bonds. The van der Waals surface area contributed by atoms with Gasteiger partial charge in [0.1, 0.15) is 0 Å². The first-order valence-electron chi connectivity index (χ1n) is 5.35. The molecule has 1 saturated carbocycles. The van der Waals surface area contributed by atoms with E-state index in [4.69, 9.17) is 5.11 Å². The van der Waals surface area contributed by atoms with E-state index in [0.29, 0.717) is 6.04 Å². The zero-order valence-electron chi connectivity index (χ0n) is 8.70. The van der Waals surface area contributed by atoms with Gasteiger partial charge in [0.15, 0.2) is 0 Å². The summed E-state index contributed by atoms with van der Waals surface area (Å²) in [6.45, 7) is 1.63. The second kappa shape index (κ2) is 5.81. The molecule has 0 aromatic carbocycles. The highest BCUT2D eigenvalue weighted by Gasteiger charge is 2.13. The maximum Gasteiger partial charge on any atom is 0.243 e. The molecule has 0 bridgehead atoms. The van der Waals surface area contributed by atoms with Gasteiger partial charge in [-0.1, -0.05) is 25.3 Å². The van der Waals surface area contributed by atoms with Crippen molar-refractivity contribution in [3.8, 4) is 0 Å². The second-order valence-corrected chi connectivity index (χ2v) is 3.94. The molecular formula is C11H19NO2. The van der Waals surface area contributed by atoms with Gasteiger partial charge in [0.25, 0.3) is 0 Å². The molecule has 0 aromatic heterocycles. The average Bonchev–Trinajstić information content (AvgIpc) is 2.16. The van der Waals surface area contributed by atoms with Crippen molar-refractivity contribution >= 4 is 5.91 Å². The number of aliphatic hydroxyl groups excluding tert-OH is 1. The first-order valence-corrected chi connectivity index (χ1v) is 5.35. The zero-order valence-corrected chi connectivity index (χ0v) is 8.70. The fourth-order valence-corrected chi connectivity index (χ4v) is 1.72. The lowest BCUT2D eigenvalue weighted by atomic mass is 9.95. The third-order valence-corrected chi connectivity index (χ3v) is 2.48. The normalized spacial score (nSPS) is 21.0. The molecule has 0 spiro atoms. The molecule has 1 fully saturated rings. The van der Waals surface area contributed by atoms with E-state index in [1.54, 1.807) is 6.92 Å². The van der Waals surface area contributed by atoms with Crippen LogP contribution in [0.4, 0.5) is 0 Å². The highest BCUT2D eigenvalue weighted by Crippen LogP contribution is 2.17. The van der Waals surface area contributed by atoms with Crippen LogP contribution >= 0.6 is 0 Å². The quantitative estimate of drug-likeness (QED) is 0.671. The van der Waals surface area contributed by atoms with Crippen molar-refractivity contribution in [1.29, 1.82) is 0 Å². The number of amides is 1. The van der Waals surface area contributed by atoms with Gasteiger partial charge in [-0.15, -0.1) is 0 Å². The summed E-state index contributed by atoms with van der Waals surface area (Å²) in [5, 5.41) is 11.9. The van der Waals surface area contributed by atoms with E-state index >= 15 is 0 Å².